The van der Waals surface area contributed by atoms with Gasteiger partial charge in [0.25, 0.3) is 0 Å². The number of pyridine rings is 1. The Hall–Kier alpha value is -2.58. The summed E-state index contributed by atoms with van der Waals surface area (Å²) in [5.74, 6) is 4.32. The van der Waals surface area contributed by atoms with Gasteiger partial charge < -0.3 is 5.32 Å². The van der Waals surface area contributed by atoms with Crippen LogP contribution in [0.2, 0.25) is 0 Å². The van der Waals surface area contributed by atoms with Crippen molar-refractivity contribution in [3.05, 3.63) is 42.1 Å². The number of hydrogen-bond donors (Lipinski definition) is 1. The van der Waals surface area contributed by atoms with E-state index in [1.807, 2.05) is 18.3 Å². The van der Waals surface area contributed by atoms with Crippen LogP contribution in [0, 0.1) is 17.8 Å². The zero-order valence-corrected chi connectivity index (χ0v) is 18.9. The molecule has 168 valence electrons. The highest BCUT2D eigenvalue weighted by Gasteiger charge is 2.42. The highest BCUT2D eigenvalue weighted by atomic mass is 35.5. The van der Waals surface area contributed by atoms with Crippen molar-refractivity contribution in [3.63, 3.8) is 0 Å². The van der Waals surface area contributed by atoms with Gasteiger partial charge in [-0.3, -0.25) is 9.89 Å². The maximum Gasteiger partial charge on any atom is 0.155 e. The van der Waals surface area contributed by atoms with Crippen LogP contribution in [0.1, 0.15) is 25.7 Å². The Bertz CT molecular complexity index is 974. The molecule has 1 saturated heterocycles. The number of allylic oxidation sites excluding steroid dienone is 1. The van der Waals surface area contributed by atoms with Crippen molar-refractivity contribution >= 4 is 29.3 Å². The standard InChI is InChI=1S/C23H29ClN8/c24-19-4-8-27-22(28-12-19)14-31-9-5-17(6-10-31)21-11-18(21)3-7-26-20-1-2-23(29-13-20)32-16-25-15-30-32/h1-2,4,12-13,15-18,21,26H,3,5-11,14H2. The van der Waals surface area contributed by atoms with Crippen LogP contribution >= 0.6 is 11.6 Å². The van der Waals surface area contributed by atoms with Gasteiger partial charge in [0.2, 0.25) is 0 Å². The van der Waals surface area contributed by atoms with Crippen LogP contribution in [-0.4, -0.2) is 69.4 Å². The molecule has 0 bridgehead atoms. The predicted octanol–water partition coefficient (Wildman–Crippen LogP) is 3.42. The van der Waals surface area contributed by atoms with Crippen molar-refractivity contribution in [3.8, 4) is 5.82 Å². The average molecular weight is 453 g/mol. The first-order valence-corrected chi connectivity index (χ1v) is 11.8. The number of anilines is 1. The first kappa shape index (κ1) is 21.3. The molecule has 5 rings (SSSR count). The molecule has 1 N–H and O–H groups in total. The molecule has 0 spiro atoms. The van der Waals surface area contributed by atoms with Crippen molar-refractivity contribution in [2.24, 2.45) is 27.7 Å². The van der Waals surface area contributed by atoms with Crippen LogP contribution < -0.4 is 5.32 Å². The number of amidine groups is 1. The third-order valence-electron chi connectivity index (χ3n) is 6.72. The van der Waals surface area contributed by atoms with E-state index in [0.29, 0.717) is 11.6 Å². The Morgan fingerprint density at radius 1 is 1.19 bits per heavy atom. The van der Waals surface area contributed by atoms with E-state index in [4.69, 9.17) is 11.6 Å². The van der Waals surface area contributed by atoms with Crippen molar-refractivity contribution in [1.29, 1.82) is 0 Å². The third-order valence-corrected chi connectivity index (χ3v) is 6.97. The molecular formula is C23H29ClN8. The predicted molar refractivity (Wildman–Crippen MR) is 128 cm³/mol. The molecule has 2 aromatic heterocycles. The van der Waals surface area contributed by atoms with Gasteiger partial charge in [0.1, 0.15) is 18.5 Å². The fourth-order valence-electron chi connectivity index (χ4n) is 4.83. The number of nitrogens with zero attached hydrogens (tertiary/aromatic N) is 7. The lowest BCUT2D eigenvalue weighted by Gasteiger charge is -2.32. The minimum absolute atomic E-state index is 0.629. The van der Waals surface area contributed by atoms with Crippen molar-refractivity contribution < 1.29 is 0 Å². The maximum atomic E-state index is 6.01. The SMILES string of the molecule is ClC1=CCN=C(CN2CCC(C3CC3CCNc3ccc(-n4cncn4)nc3)CC2)N=C1. The van der Waals surface area contributed by atoms with Crippen LogP contribution in [0.4, 0.5) is 5.69 Å². The summed E-state index contributed by atoms with van der Waals surface area (Å²) < 4.78 is 1.66. The first-order valence-electron chi connectivity index (χ1n) is 11.4. The number of aliphatic imine (C=N–C) groups is 2. The highest BCUT2D eigenvalue weighted by Crippen LogP contribution is 2.49. The summed E-state index contributed by atoms with van der Waals surface area (Å²) >= 11 is 6.01. The molecular weight excluding hydrogens is 424 g/mol. The summed E-state index contributed by atoms with van der Waals surface area (Å²) in [5.41, 5.74) is 1.06. The van der Waals surface area contributed by atoms with Gasteiger partial charge in [0, 0.05) is 12.8 Å². The molecule has 1 aliphatic carbocycles. The summed E-state index contributed by atoms with van der Waals surface area (Å²) in [7, 11) is 0. The van der Waals surface area contributed by atoms with Gasteiger partial charge in [-0.05, 0) is 74.7 Å². The molecule has 2 unspecified atom stereocenters. The van der Waals surface area contributed by atoms with E-state index in [1.165, 1.54) is 32.0 Å². The molecule has 9 heteroatoms. The maximum absolute atomic E-state index is 6.01. The lowest BCUT2D eigenvalue weighted by molar-refractivity contribution is 0.187. The van der Waals surface area contributed by atoms with E-state index in [1.54, 1.807) is 17.2 Å². The molecule has 3 aliphatic rings. The molecule has 4 heterocycles. The monoisotopic (exact) mass is 452 g/mol. The Balaban J connectivity index is 0.999. The number of likely N-dealkylation sites (tertiary alicyclic amines) is 1. The van der Waals surface area contributed by atoms with Crippen molar-refractivity contribution in [2.45, 2.75) is 25.7 Å². The minimum atomic E-state index is 0.629. The van der Waals surface area contributed by atoms with Gasteiger partial charge in [-0.25, -0.2) is 19.6 Å². The largest absolute Gasteiger partial charge is 0.384 e. The van der Waals surface area contributed by atoms with Crippen LogP contribution in [0.15, 0.2) is 52.1 Å². The van der Waals surface area contributed by atoms with Crippen molar-refractivity contribution in [1.82, 2.24) is 24.6 Å². The molecule has 0 amide bonds. The van der Waals surface area contributed by atoms with Crippen LogP contribution in [0.3, 0.4) is 0 Å². The van der Waals surface area contributed by atoms with Gasteiger partial charge >= 0.3 is 0 Å². The second-order valence-electron chi connectivity index (χ2n) is 8.84. The molecule has 2 fully saturated rings. The zero-order valence-electron chi connectivity index (χ0n) is 18.1. The number of piperidine rings is 1. The molecule has 1 saturated carbocycles. The molecule has 0 aromatic carbocycles. The molecule has 2 aliphatic heterocycles. The quantitative estimate of drug-likeness (QED) is 0.663. The van der Waals surface area contributed by atoms with Crippen LogP contribution in [0.5, 0.6) is 0 Å². The second-order valence-corrected chi connectivity index (χ2v) is 9.27. The van der Waals surface area contributed by atoms with E-state index in [2.05, 4.69) is 41.3 Å². The topological polar surface area (TPSA) is 83.6 Å². The summed E-state index contributed by atoms with van der Waals surface area (Å²) in [6, 6.07) is 4.01. The second kappa shape index (κ2) is 9.92. The van der Waals surface area contributed by atoms with E-state index < -0.39 is 0 Å². The van der Waals surface area contributed by atoms with Gasteiger partial charge in [0.15, 0.2) is 5.82 Å². The molecule has 8 nitrogen and oxygen atoms in total. The summed E-state index contributed by atoms with van der Waals surface area (Å²) in [6.45, 7) is 4.75. The molecule has 0 radical (unpaired) electrons. The minimum Gasteiger partial charge on any atom is -0.384 e. The fraction of sp³-hybridized carbons (Fsp3) is 0.522. The van der Waals surface area contributed by atoms with Crippen molar-refractivity contribution in [2.75, 3.05) is 38.0 Å². The number of aromatic nitrogens is 4. The van der Waals surface area contributed by atoms with Gasteiger partial charge in [-0.15, -0.1) is 0 Å². The fourth-order valence-corrected chi connectivity index (χ4v) is 4.95. The third kappa shape index (κ3) is 5.42. The normalized spacial score (nSPS) is 24.0. The summed E-state index contributed by atoms with van der Waals surface area (Å²) in [4.78, 5) is 19.8. The van der Waals surface area contributed by atoms with E-state index in [0.717, 1.165) is 61.3 Å². The van der Waals surface area contributed by atoms with Crippen LogP contribution in [-0.2, 0) is 0 Å². The average Bonchev–Trinajstić information content (AvgIpc) is 3.44. The lowest BCUT2D eigenvalue weighted by atomic mass is 9.90. The number of nitrogens with one attached hydrogen (secondary N) is 1. The summed E-state index contributed by atoms with van der Waals surface area (Å²) in [6.07, 6.45) is 13.8. The smallest absolute Gasteiger partial charge is 0.155 e. The molecule has 2 atom stereocenters. The summed E-state index contributed by atoms with van der Waals surface area (Å²) in [5, 5.41) is 8.30. The number of hydrogen-bond acceptors (Lipinski definition) is 7. The lowest BCUT2D eigenvalue weighted by Crippen LogP contribution is -2.37. The zero-order chi connectivity index (χ0) is 21.8. The first-order chi connectivity index (χ1) is 15.7. The van der Waals surface area contributed by atoms with Gasteiger partial charge in [0.05, 0.1) is 30.0 Å². The Labute approximate surface area is 193 Å². The Kier molecular flexibility index (Phi) is 6.59. The Morgan fingerprint density at radius 3 is 2.88 bits per heavy atom. The number of rotatable bonds is 8. The van der Waals surface area contributed by atoms with E-state index in [9.17, 15) is 0 Å². The molecule has 2 aromatic rings. The highest BCUT2D eigenvalue weighted by molar-refractivity contribution is 6.39. The molecule has 32 heavy (non-hydrogen) atoms. The Morgan fingerprint density at radius 2 is 2.09 bits per heavy atom. The van der Waals surface area contributed by atoms with Gasteiger partial charge in [-0.2, -0.15) is 5.10 Å². The van der Waals surface area contributed by atoms with E-state index >= 15 is 0 Å². The van der Waals surface area contributed by atoms with Crippen LogP contribution in [0.25, 0.3) is 5.82 Å². The van der Waals surface area contributed by atoms with E-state index in [-0.39, 0.29) is 0 Å². The van der Waals surface area contributed by atoms with Gasteiger partial charge in [-0.1, -0.05) is 11.6 Å². The number of halogens is 1.